The highest BCUT2D eigenvalue weighted by Gasteiger charge is 2.15. The van der Waals surface area contributed by atoms with E-state index in [2.05, 4.69) is 30.8 Å². The van der Waals surface area contributed by atoms with Gasteiger partial charge in [-0.15, -0.1) is 0 Å². The molecule has 25 heavy (non-hydrogen) atoms. The van der Waals surface area contributed by atoms with Gasteiger partial charge >= 0.3 is 0 Å². The van der Waals surface area contributed by atoms with Crippen molar-refractivity contribution in [1.29, 1.82) is 0 Å². The summed E-state index contributed by atoms with van der Waals surface area (Å²) in [4.78, 5) is 6.70. The van der Waals surface area contributed by atoms with Crippen molar-refractivity contribution < 1.29 is 8.42 Å². The van der Waals surface area contributed by atoms with Crippen molar-refractivity contribution >= 4 is 31.7 Å². The van der Waals surface area contributed by atoms with Gasteiger partial charge in [0.05, 0.1) is 10.6 Å². The molecule has 0 atom stereocenters. The van der Waals surface area contributed by atoms with Gasteiger partial charge in [-0.1, -0.05) is 52.3 Å². The van der Waals surface area contributed by atoms with Gasteiger partial charge in [-0.2, -0.15) is 18.4 Å². The highest BCUT2D eigenvalue weighted by molar-refractivity contribution is 9.10. The van der Waals surface area contributed by atoms with Crippen LogP contribution in [-0.4, -0.2) is 19.1 Å². The standard InChI is InChI=1S/C18H14BrN3O2S/c19-15-9-11-16(12-10-15)25(23,24)22-21-18(14-6-2-1-3-7-14)17-8-4-5-13-20-17/h1-13,22H. The predicted octanol–water partition coefficient (Wildman–Crippen LogP) is 3.58. The van der Waals surface area contributed by atoms with Crippen LogP contribution >= 0.6 is 15.9 Å². The van der Waals surface area contributed by atoms with Crippen molar-refractivity contribution in [3.8, 4) is 0 Å². The number of pyridine rings is 1. The lowest BCUT2D eigenvalue weighted by Gasteiger charge is -2.08. The van der Waals surface area contributed by atoms with Crippen molar-refractivity contribution in [2.45, 2.75) is 4.90 Å². The molecule has 1 N–H and O–H groups in total. The van der Waals surface area contributed by atoms with Gasteiger partial charge in [0.25, 0.3) is 10.0 Å². The van der Waals surface area contributed by atoms with Gasteiger partial charge in [0, 0.05) is 16.2 Å². The molecule has 2 aromatic carbocycles. The first kappa shape index (κ1) is 17.3. The average molecular weight is 416 g/mol. The summed E-state index contributed by atoms with van der Waals surface area (Å²) in [7, 11) is -3.77. The fourth-order valence-electron chi connectivity index (χ4n) is 2.14. The third-order valence-electron chi connectivity index (χ3n) is 3.36. The Labute approximate surface area is 154 Å². The van der Waals surface area contributed by atoms with E-state index in [1.807, 2.05) is 36.4 Å². The number of hydrogen-bond acceptors (Lipinski definition) is 4. The number of sulfonamides is 1. The first-order valence-corrected chi connectivity index (χ1v) is 9.66. The molecule has 0 fully saturated rings. The van der Waals surface area contributed by atoms with Gasteiger partial charge in [-0.25, -0.2) is 0 Å². The Kier molecular flexibility index (Phi) is 5.25. The Morgan fingerprint density at radius 1 is 0.920 bits per heavy atom. The van der Waals surface area contributed by atoms with E-state index in [-0.39, 0.29) is 4.90 Å². The number of rotatable bonds is 5. The maximum atomic E-state index is 12.5. The molecule has 5 nitrogen and oxygen atoms in total. The summed E-state index contributed by atoms with van der Waals surface area (Å²) in [6.07, 6.45) is 1.64. The average Bonchev–Trinajstić information content (AvgIpc) is 2.64. The number of halogens is 1. The van der Waals surface area contributed by atoms with E-state index in [0.29, 0.717) is 11.4 Å². The molecule has 7 heteroatoms. The normalized spacial score (nSPS) is 12.0. The zero-order valence-corrected chi connectivity index (χ0v) is 15.4. The van der Waals surface area contributed by atoms with E-state index >= 15 is 0 Å². The Morgan fingerprint density at radius 2 is 1.60 bits per heavy atom. The van der Waals surface area contributed by atoms with Crippen LogP contribution in [0.2, 0.25) is 0 Å². The van der Waals surface area contributed by atoms with Gasteiger partial charge in [0.2, 0.25) is 0 Å². The van der Waals surface area contributed by atoms with Crippen molar-refractivity contribution in [3.63, 3.8) is 0 Å². The molecule has 126 valence electrons. The summed E-state index contributed by atoms with van der Waals surface area (Å²) in [5.74, 6) is 0. The van der Waals surface area contributed by atoms with Crippen LogP contribution in [0.1, 0.15) is 11.3 Å². The largest absolute Gasteiger partial charge is 0.276 e. The Balaban J connectivity index is 1.98. The van der Waals surface area contributed by atoms with Crippen molar-refractivity contribution in [1.82, 2.24) is 9.82 Å². The predicted molar refractivity (Wildman–Crippen MR) is 101 cm³/mol. The first-order chi connectivity index (χ1) is 12.1. The smallest absolute Gasteiger partial charge is 0.255 e. The number of hydrogen-bond donors (Lipinski definition) is 1. The zero-order chi connectivity index (χ0) is 17.7. The van der Waals surface area contributed by atoms with Crippen LogP contribution in [-0.2, 0) is 10.0 Å². The minimum atomic E-state index is -3.77. The van der Waals surface area contributed by atoms with Crippen LogP contribution < -0.4 is 4.83 Å². The molecule has 0 saturated heterocycles. The molecule has 0 unspecified atom stereocenters. The van der Waals surface area contributed by atoms with Gasteiger partial charge in [-0.05, 0) is 36.4 Å². The van der Waals surface area contributed by atoms with E-state index in [9.17, 15) is 8.42 Å². The molecule has 0 radical (unpaired) electrons. The van der Waals surface area contributed by atoms with Crippen LogP contribution in [0.25, 0.3) is 0 Å². The number of nitrogens with one attached hydrogen (secondary N) is 1. The van der Waals surface area contributed by atoms with Crippen LogP contribution in [0.15, 0.2) is 93.5 Å². The Hall–Kier alpha value is -2.51. The molecule has 3 rings (SSSR count). The lowest BCUT2D eigenvalue weighted by atomic mass is 10.1. The van der Waals surface area contributed by atoms with Crippen molar-refractivity contribution in [2.24, 2.45) is 5.10 Å². The fourth-order valence-corrected chi connectivity index (χ4v) is 3.22. The molecule has 1 aromatic heterocycles. The number of hydrazone groups is 1. The minimum absolute atomic E-state index is 0.132. The lowest BCUT2D eigenvalue weighted by molar-refractivity contribution is 0.584. The van der Waals surface area contributed by atoms with Crippen LogP contribution in [0, 0.1) is 0 Å². The molecule has 0 amide bonds. The summed E-state index contributed by atoms with van der Waals surface area (Å²) in [6, 6.07) is 21.0. The van der Waals surface area contributed by atoms with E-state index in [1.165, 1.54) is 12.1 Å². The molecule has 0 saturated carbocycles. The molecule has 1 heterocycles. The second-order valence-corrected chi connectivity index (χ2v) is 7.67. The summed E-state index contributed by atoms with van der Waals surface area (Å²) < 4.78 is 25.7. The minimum Gasteiger partial charge on any atom is -0.255 e. The fraction of sp³-hybridized carbons (Fsp3) is 0. The monoisotopic (exact) mass is 415 g/mol. The highest BCUT2D eigenvalue weighted by atomic mass is 79.9. The van der Waals surface area contributed by atoms with E-state index in [4.69, 9.17) is 0 Å². The van der Waals surface area contributed by atoms with Gasteiger partial charge in [0.15, 0.2) is 0 Å². The summed E-state index contributed by atoms with van der Waals surface area (Å²) in [6.45, 7) is 0. The van der Waals surface area contributed by atoms with Gasteiger partial charge in [0.1, 0.15) is 5.71 Å². The third-order valence-corrected chi connectivity index (χ3v) is 5.11. The molecule has 3 aromatic rings. The molecule has 0 aliphatic heterocycles. The summed E-state index contributed by atoms with van der Waals surface area (Å²) >= 11 is 3.28. The van der Waals surface area contributed by atoms with Gasteiger partial charge in [-0.3, -0.25) is 4.98 Å². The topological polar surface area (TPSA) is 71.4 Å². The molecular weight excluding hydrogens is 402 g/mol. The van der Waals surface area contributed by atoms with Crippen molar-refractivity contribution in [3.05, 3.63) is 94.7 Å². The van der Waals surface area contributed by atoms with Crippen LogP contribution in [0.3, 0.4) is 0 Å². The SMILES string of the molecule is O=S(=O)(NN=C(c1ccccc1)c1ccccn1)c1ccc(Br)cc1. The van der Waals surface area contributed by atoms with E-state index in [1.54, 1.807) is 30.5 Å². The Morgan fingerprint density at radius 3 is 2.24 bits per heavy atom. The molecular formula is C18H14BrN3O2S. The molecule has 0 spiro atoms. The Bertz CT molecular complexity index is 932. The van der Waals surface area contributed by atoms with Crippen LogP contribution in [0.5, 0.6) is 0 Å². The van der Waals surface area contributed by atoms with E-state index < -0.39 is 10.0 Å². The van der Waals surface area contributed by atoms with E-state index in [0.717, 1.165) is 10.0 Å². The number of benzene rings is 2. The van der Waals surface area contributed by atoms with Crippen molar-refractivity contribution in [2.75, 3.05) is 0 Å². The third kappa shape index (κ3) is 4.32. The molecule has 0 aliphatic carbocycles. The second kappa shape index (κ2) is 7.58. The maximum Gasteiger partial charge on any atom is 0.276 e. The highest BCUT2D eigenvalue weighted by Crippen LogP contribution is 2.15. The molecule has 0 aliphatic rings. The van der Waals surface area contributed by atoms with Crippen LogP contribution in [0.4, 0.5) is 0 Å². The first-order valence-electron chi connectivity index (χ1n) is 7.38. The summed E-state index contributed by atoms with van der Waals surface area (Å²) in [5, 5.41) is 4.14. The number of nitrogens with zero attached hydrogens (tertiary/aromatic N) is 2. The number of aromatic nitrogens is 1. The lowest BCUT2D eigenvalue weighted by Crippen LogP contribution is -2.21. The quantitative estimate of drug-likeness (QED) is 0.511. The second-order valence-electron chi connectivity index (χ2n) is 5.09. The summed E-state index contributed by atoms with van der Waals surface area (Å²) in [5.41, 5.74) is 1.79. The van der Waals surface area contributed by atoms with Gasteiger partial charge < -0.3 is 0 Å². The molecule has 0 bridgehead atoms. The maximum absolute atomic E-state index is 12.5. The zero-order valence-electron chi connectivity index (χ0n) is 13.0.